The van der Waals surface area contributed by atoms with E-state index >= 15 is 0 Å². The summed E-state index contributed by atoms with van der Waals surface area (Å²) in [6.07, 6.45) is 1.03. The first-order chi connectivity index (χ1) is 10.0. The van der Waals surface area contributed by atoms with Crippen molar-refractivity contribution in [2.75, 3.05) is 5.32 Å². The Morgan fingerprint density at radius 3 is 2.62 bits per heavy atom. The maximum absolute atomic E-state index is 12.0. The van der Waals surface area contributed by atoms with Crippen LogP contribution in [0.1, 0.15) is 30.0 Å². The molecular weight excluding hydrogens is 328 g/mol. The molecule has 110 valence electrons. The number of halogens is 1. The number of nitrogens with one attached hydrogen (secondary N) is 1. The molecule has 0 fully saturated rings. The minimum atomic E-state index is -0.110. The number of nitrogens with two attached hydrogens (primary N) is 1. The average Bonchev–Trinajstić information content (AvgIpc) is 2.44. The summed E-state index contributed by atoms with van der Waals surface area (Å²) in [6, 6.07) is 15.6. The zero-order valence-corrected chi connectivity index (χ0v) is 13.6. The lowest BCUT2D eigenvalue weighted by Gasteiger charge is -2.12. The third kappa shape index (κ3) is 4.99. The number of amides is 1. The van der Waals surface area contributed by atoms with Gasteiger partial charge < -0.3 is 11.1 Å². The fourth-order valence-corrected chi connectivity index (χ4v) is 2.79. The Morgan fingerprint density at radius 2 is 1.95 bits per heavy atom. The van der Waals surface area contributed by atoms with E-state index in [0.29, 0.717) is 12.8 Å². The van der Waals surface area contributed by atoms with Gasteiger partial charge in [0.05, 0.1) is 0 Å². The summed E-state index contributed by atoms with van der Waals surface area (Å²) in [5.74, 6) is -0.0149. The van der Waals surface area contributed by atoms with Gasteiger partial charge in [0.15, 0.2) is 0 Å². The Balaban J connectivity index is 1.87. The summed E-state index contributed by atoms with van der Waals surface area (Å²) in [5, 5.41) is 2.91. The number of carbonyl (C=O) groups excluding carboxylic acids is 1. The maximum atomic E-state index is 12.0. The van der Waals surface area contributed by atoms with Crippen molar-refractivity contribution in [3.8, 4) is 0 Å². The van der Waals surface area contributed by atoms with Gasteiger partial charge in [-0.3, -0.25) is 4.79 Å². The predicted octanol–water partition coefficient (Wildman–Crippen LogP) is 4.18. The Kier molecular flexibility index (Phi) is 5.53. The van der Waals surface area contributed by atoms with E-state index in [1.807, 2.05) is 55.5 Å². The summed E-state index contributed by atoms with van der Waals surface area (Å²) >= 11 is 3.42. The smallest absolute Gasteiger partial charge is 0.224 e. The maximum Gasteiger partial charge on any atom is 0.224 e. The van der Waals surface area contributed by atoms with Gasteiger partial charge in [-0.2, -0.15) is 0 Å². The number of benzene rings is 2. The summed E-state index contributed by atoms with van der Waals surface area (Å²) in [5.41, 5.74) is 9.06. The molecular formula is C17H19BrN2O. The normalized spacial score (nSPS) is 12.0. The zero-order chi connectivity index (χ0) is 15.2. The van der Waals surface area contributed by atoms with Crippen LogP contribution < -0.4 is 11.1 Å². The van der Waals surface area contributed by atoms with E-state index in [-0.39, 0.29) is 11.9 Å². The van der Waals surface area contributed by atoms with Crippen molar-refractivity contribution < 1.29 is 4.79 Å². The van der Waals surface area contributed by atoms with Crippen LogP contribution in [0.4, 0.5) is 5.69 Å². The van der Waals surface area contributed by atoms with Crippen molar-refractivity contribution in [3.05, 3.63) is 64.1 Å². The molecule has 3 nitrogen and oxygen atoms in total. The summed E-state index contributed by atoms with van der Waals surface area (Å²) in [6.45, 7) is 1.99. The van der Waals surface area contributed by atoms with Crippen molar-refractivity contribution in [3.63, 3.8) is 0 Å². The molecule has 4 heteroatoms. The van der Waals surface area contributed by atoms with E-state index in [9.17, 15) is 4.79 Å². The van der Waals surface area contributed by atoms with E-state index in [1.165, 1.54) is 0 Å². The molecule has 2 aromatic carbocycles. The largest absolute Gasteiger partial charge is 0.326 e. The van der Waals surface area contributed by atoms with Crippen LogP contribution in [0.2, 0.25) is 0 Å². The second kappa shape index (κ2) is 7.38. The van der Waals surface area contributed by atoms with Gasteiger partial charge in [0, 0.05) is 22.6 Å². The van der Waals surface area contributed by atoms with Gasteiger partial charge >= 0.3 is 0 Å². The molecule has 1 unspecified atom stereocenters. The Morgan fingerprint density at radius 1 is 1.24 bits per heavy atom. The number of aryl methyl sites for hydroxylation is 1. The number of hydrogen-bond acceptors (Lipinski definition) is 2. The lowest BCUT2D eigenvalue weighted by Crippen LogP contribution is -2.16. The highest BCUT2D eigenvalue weighted by atomic mass is 79.9. The molecule has 0 aliphatic carbocycles. The van der Waals surface area contributed by atoms with Crippen LogP contribution in [0.5, 0.6) is 0 Å². The van der Waals surface area contributed by atoms with Crippen LogP contribution in [0.25, 0.3) is 0 Å². The SMILES string of the molecule is Cc1cc(Br)cc(NC(=O)CCC(N)c2ccccc2)c1. The van der Waals surface area contributed by atoms with Crippen LogP contribution in [-0.4, -0.2) is 5.91 Å². The van der Waals surface area contributed by atoms with Crippen LogP contribution in [0.15, 0.2) is 53.0 Å². The Bertz CT molecular complexity index is 593. The number of anilines is 1. The standard InChI is InChI=1S/C17H19BrN2O/c1-12-9-14(18)11-15(10-12)20-17(21)8-7-16(19)13-5-3-2-4-6-13/h2-6,9-11,16H,7-8,19H2,1H3,(H,20,21). The van der Waals surface area contributed by atoms with E-state index < -0.39 is 0 Å². The Hall–Kier alpha value is -1.65. The van der Waals surface area contributed by atoms with Gasteiger partial charge in [0.1, 0.15) is 0 Å². The van der Waals surface area contributed by atoms with Crippen LogP contribution in [0.3, 0.4) is 0 Å². The quantitative estimate of drug-likeness (QED) is 0.853. The van der Waals surface area contributed by atoms with Gasteiger partial charge in [-0.1, -0.05) is 46.3 Å². The molecule has 0 aromatic heterocycles. The first-order valence-corrected chi connectivity index (χ1v) is 7.71. The molecule has 0 aliphatic heterocycles. The molecule has 1 atom stereocenters. The van der Waals surface area contributed by atoms with E-state index in [4.69, 9.17) is 5.73 Å². The number of rotatable bonds is 5. The fourth-order valence-electron chi connectivity index (χ4n) is 2.19. The topological polar surface area (TPSA) is 55.1 Å². The van der Waals surface area contributed by atoms with Gasteiger partial charge in [-0.05, 0) is 42.7 Å². The highest BCUT2D eigenvalue weighted by Crippen LogP contribution is 2.20. The highest BCUT2D eigenvalue weighted by Gasteiger charge is 2.09. The third-order valence-corrected chi connectivity index (χ3v) is 3.69. The molecule has 3 N–H and O–H groups in total. The third-order valence-electron chi connectivity index (χ3n) is 3.24. The minimum Gasteiger partial charge on any atom is -0.326 e. The second-order valence-corrected chi connectivity index (χ2v) is 6.04. The Labute approximate surface area is 133 Å². The lowest BCUT2D eigenvalue weighted by atomic mass is 10.0. The molecule has 0 heterocycles. The first kappa shape index (κ1) is 15.7. The van der Waals surface area contributed by atoms with Crippen LogP contribution in [0, 0.1) is 6.92 Å². The second-order valence-electron chi connectivity index (χ2n) is 5.12. The zero-order valence-electron chi connectivity index (χ0n) is 12.0. The van der Waals surface area contributed by atoms with Crippen LogP contribution >= 0.6 is 15.9 Å². The molecule has 0 saturated carbocycles. The highest BCUT2D eigenvalue weighted by molar-refractivity contribution is 9.10. The van der Waals surface area contributed by atoms with Crippen molar-refractivity contribution in [1.82, 2.24) is 0 Å². The molecule has 0 bridgehead atoms. The monoisotopic (exact) mass is 346 g/mol. The predicted molar refractivity (Wildman–Crippen MR) is 90.1 cm³/mol. The summed E-state index contributed by atoms with van der Waals surface area (Å²) in [7, 11) is 0. The average molecular weight is 347 g/mol. The van der Waals surface area contributed by atoms with Crippen molar-refractivity contribution >= 4 is 27.5 Å². The molecule has 1 amide bonds. The number of hydrogen-bond donors (Lipinski definition) is 2. The van der Waals surface area contributed by atoms with Crippen LogP contribution in [-0.2, 0) is 4.79 Å². The van der Waals surface area contributed by atoms with E-state index in [1.54, 1.807) is 0 Å². The van der Waals surface area contributed by atoms with Gasteiger partial charge in [0.25, 0.3) is 0 Å². The minimum absolute atomic E-state index is 0.0149. The number of carbonyl (C=O) groups is 1. The van der Waals surface area contributed by atoms with Crippen molar-refractivity contribution in [2.45, 2.75) is 25.8 Å². The molecule has 2 aromatic rings. The van der Waals surface area contributed by atoms with E-state index in [0.717, 1.165) is 21.3 Å². The van der Waals surface area contributed by atoms with Gasteiger partial charge in [0.2, 0.25) is 5.91 Å². The summed E-state index contributed by atoms with van der Waals surface area (Å²) < 4.78 is 0.957. The molecule has 0 spiro atoms. The lowest BCUT2D eigenvalue weighted by molar-refractivity contribution is -0.116. The van der Waals surface area contributed by atoms with E-state index in [2.05, 4.69) is 21.2 Å². The van der Waals surface area contributed by atoms with Gasteiger partial charge in [-0.25, -0.2) is 0 Å². The molecule has 0 radical (unpaired) electrons. The van der Waals surface area contributed by atoms with Crippen molar-refractivity contribution in [2.24, 2.45) is 5.73 Å². The molecule has 21 heavy (non-hydrogen) atoms. The first-order valence-electron chi connectivity index (χ1n) is 6.92. The van der Waals surface area contributed by atoms with Crippen molar-refractivity contribution in [1.29, 1.82) is 0 Å². The molecule has 2 rings (SSSR count). The summed E-state index contributed by atoms with van der Waals surface area (Å²) in [4.78, 5) is 12.0. The van der Waals surface area contributed by atoms with Gasteiger partial charge in [-0.15, -0.1) is 0 Å². The fraction of sp³-hybridized carbons (Fsp3) is 0.235. The molecule has 0 aliphatic rings. The molecule has 0 saturated heterocycles.